The Morgan fingerprint density at radius 2 is 2.14 bits per heavy atom. The van der Waals surface area contributed by atoms with Crippen LogP contribution in [0.5, 0.6) is 0 Å². The summed E-state index contributed by atoms with van der Waals surface area (Å²) >= 11 is 0. The molecule has 0 spiro atoms. The molecule has 1 aromatic carbocycles. The topological polar surface area (TPSA) is 127 Å². The predicted molar refractivity (Wildman–Crippen MR) is 69.7 cm³/mol. The monoisotopic (exact) mass is 320 g/mol. The van der Waals surface area contributed by atoms with Gasteiger partial charge in [0.1, 0.15) is 0 Å². The highest BCUT2D eigenvalue weighted by Crippen LogP contribution is 2.26. The lowest BCUT2D eigenvalue weighted by atomic mass is 10.1. The lowest BCUT2D eigenvalue weighted by Gasteiger charge is -2.11. The number of benzene rings is 1. The van der Waals surface area contributed by atoms with Crippen molar-refractivity contribution < 1.29 is 27.6 Å². The Labute approximate surface area is 119 Å². The third-order valence-corrected chi connectivity index (χ3v) is 4.02. The second-order valence-corrected chi connectivity index (χ2v) is 6.13. The minimum absolute atomic E-state index is 0.234. The summed E-state index contributed by atoms with van der Waals surface area (Å²) in [5, 5.41) is 19.3. The van der Waals surface area contributed by atoms with Crippen molar-refractivity contribution in [2.45, 2.75) is 18.2 Å². The van der Waals surface area contributed by atoms with Crippen LogP contribution >= 0.6 is 0 Å². The van der Waals surface area contributed by atoms with E-state index in [0.29, 0.717) is 0 Å². The summed E-state index contributed by atoms with van der Waals surface area (Å²) < 4.78 is 39.4. The molecular weight excluding hydrogens is 307 g/mol. The number of para-hydroxylation sites is 1. The summed E-state index contributed by atoms with van der Waals surface area (Å²) in [6, 6.07) is 2.73. The fourth-order valence-electron chi connectivity index (χ4n) is 1.59. The first-order chi connectivity index (χ1) is 9.65. The molecule has 0 aliphatic rings. The number of carboxylic acid groups (broad SMARTS) is 1. The Morgan fingerprint density at radius 3 is 2.67 bits per heavy atom. The molecule has 0 aliphatic heterocycles. The number of sulfonamides is 1. The maximum Gasteiger partial charge on any atom is 0.324 e. The smallest absolute Gasteiger partial charge is 0.324 e. The van der Waals surface area contributed by atoms with Crippen molar-refractivity contribution in [2.75, 3.05) is 6.54 Å². The van der Waals surface area contributed by atoms with Crippen molar-refractivity contribution in [3.63, 3.8) is 0 Å². The van der Waals surface area contributed by atoms with Crippen LogP contribution in [-0.2, 0) is 14.8 Å². The highest BCUT2D eigenvalue weighted by molar-refractivity contribution is 7.89. The number of nitro benzene ring substituents is 1. The van der Waals surface area contributed by atoms with E-state index in [2.05, 4.69) is 0 Å². The van der Waals surface area contributed by atoms with E-state index < -0.39 is 43.2 Å². The fraction of sp³-hybridized carbons (Fsp3) is 0.364. The van der Waals surface area contributed by atoms with E-state index in [-0.39, 0.29) is 13.0 Å². The zero-order valence-electron chi connectivity index (χ0n) is 10.9. The van der Waals surface area contributed by atoms with Crippen molar-refractivity contribution in [2.24, 2.45) is 5.92 Å². The molecule has 1 rings (SSSR count). The number of hydrogen-bond acceptors (Lipinski definition) is 5. The first-order valence-corrected chi connectivity index (χ1v) is 7.28. The van der Waals surface area contributed by atoms with Crippen molar-refractivity contribution in [3.05, 3.63) is 34.1 Å². The number of rotatable bonds is 7. The van der Waals surface area contributed by atoms with Gasteiger partial charge in [-0.2, -0.15) is 4.39 Å². The van der Waals surface area contributed by atoms with Crippen LogP contribution in [0.25, 0.3) is 0 Å². The second-order valence-electron chi connectivity index (χ2n) is 4.40. The van der Waals surface area contributed by atoms with Crippen LogP contribution in [0.3, 0.4) is 0 Å². The van der Waals surface area contributed by atoms with Gasteiger partial charge in [-0.1, -0.05) is 13.0 Å². The third-order valence-electron chi connectivity index (χ3n) is 2.57. The molecular formula is C11H13FN2O6S. The molecule has 1 aromatic rings. The van der Waals surface area contributed by atoms with Gasteiger partial charge in [0, 0.05) is 13.0 Å². The molecule has 0 fully saturated rings. The van der Waals surface area contributed by atoms with Crippen LogP contribution in [0, 0.1) is 21.8 Å². The van der Waals surface area contributed by atoms with Crippen LogP contribution in [-0.4, -0.2) is 31.0 Å². The number of hydrogen-bond donors (Lipinski definition) is 2. The van der Waals surface area contributed by atoms with Gasteiger partial charge in [-0.3, -0.25) is 14.9 Å². The van der Waals surface area contributed by atoms with Crippen molar-refractivity contribution >= 4 is 21.7 Å². The van der Waals surface area contributed by atoms with Gasteiger partial charge in [0.05, 0.1) is 4.92 Å². The molecule has 0 aromatic heterocycles. The average molecular weight is 320 g/mol. The van der Waals surface area contributed by atoms with E-state index in [1.165, 1.54) is 6.92 Å². The lowest BCUT2D eigenvalue weighted by molar-refractivity contribution is -0.390. The number of nitrogens with zero attached hydrogens (tertiary/aromatic N) is 1. The Balaban J connectivity index is 3.02. The molecule has 1 atom stereocenters. The van der Waals surface area contributed by atoms with Gasteiger partial charge in [-0.05, 0) is 18.1 Å². The standard InChI is InChI=1S/C11H13FN2O6S/c1-7(5-10(15)16)6-13-21(19,20)9-4-2-3-8(12)11(9)14(17)18/h2-4,7,13H,5-6H2,1H3,(H,15,16). The lowest BCUT2D eigenvalue weighted by Crippen LogP contribution is -2.30. The number of nitro groups is 1. The molecule has 0 saturated carbocycles. The Bertz CT molecular complexity index is 661. The molecule has 0 saturated heterocycles. The van der Waals surface area contributed by atoms with Crippen molar-refractivity contribution in [1.82, 2.24) is 4.72 Å². The Kier molecular flexibility index (Phi) is 5.33. The molecule has 21 heavy (non-hydrogen) atoms. The van der Waals surface area contributed by atoms with E-state index in [1.807, 2.05) is 4.72 Å². The first kappa shape index (κ1) is 17.0. The second kappa shape index (κ2) is 6.59. The summed E-state index contributed by atoms with van der Waals surface area (Å²) in [4.78, 5) is 19.3. The van der Waals surface area contributed by atoms with E-state index >= 15 is 0 Å². The fourth-order valence-corrected chi connectivity index (χ4v) is 2.93. The summed E-state index contributed by atoms with van der Waals surface area (Å²) in [7, 11) is -4.31. The van der Waals surface area contributed by atoms with Crippen molar-refractivity contribution in [1.29, 1.82) is 0 Å². The van der Waals surface area contributed by atoms with Gasteiger partial charge in [-0.25, -0.2) is 13.1 Å². The zero-order valence-corrected chi connectivity index (χ0v) is 11.8. The quantitative estimate of drug-likeness (QED) is 0.572. The van der Waals surface area contributed by atoms with Crippen LogP contribution in [0.1, 0.15) is 13.3 Å². The summed E-state index contributed by atoms with van der Waals surface area (Å²) in [6.07, 6.45) is -0.270. The molecule has 8 nitrogen and oxygen atoms in total. The average Bonchev–Trinajstić information content (AvgIpc) is 2.35. The molecule has 0 bridgehead atoms. The Hall–Kier alpha value is -2.07. The van der Waals surface area contributed by atoms with Crippen molar-refractivity contribution in [3.8, 4) is 0 Å². The largest absolute Gasteiger partial charge is 0.481 e. The van der Waals surface area contributed by atoms with Crippen LogP contribution in [0.2, 0.25) is 0 Å². The maximum absolute atomic E-state index is 13.4. The van der Waals surface area contributed by atoms with Gasteiger partial charge < -0.3 is 5.11 Å². The molecule has 2 N–H and O–H groups in total. The number of carbonyl (C=O) groups is 1. The van der Waals surface area contributed by atoms with Crippen LogP contribution < -0.4 is 4.72 Å². The zero-order chi connectivity index (χ0) is 16.2. The Morgan fingerprint density at radius 1 is 1.52 bits per heavy atom. The van der Waals surface area contributed by atoms with E-state index in [9.17, 15) is 27.7 Å². The van der Waals surface area contributed by atoms with Gasteiger partial charge in [0.15, 0.2) is 4.90 Å². The van der Waals surface area contributed by atoms with Crippen LogP contribution in [0.15, 0.2) is 23.1 Å². The van der Waals surface area contributed by atoms with Gasteiger partial charge in [-0.15, -0.1) is 0 Å². The van der Waals surface area contributed by atoms with E-state index in [1.54, 1.807) is 0 Å². The molecule has 1 unspecified atom stereocenters. The predicted octanol–water partition coefficient (Wildman–Crippen LogP) is 1.12. The molecule has 0 amide bonds. The van der Waals surface area contributed by atoms with Gasteiger partial charge in [0.2, 0.25) is 15.8 Å². The number of nitrogens with one attached hydrogen (secondary N) is 1. The SMILES string of the molecule is CC(CNS(=O)(=O)c1cccc(F)c1[N+](=O)[O-])CC(=O)O. The number of halogens is 1. The summed E-state index contributed by atoms with van der Waals surface area (Å²) in [5.74, 6) is -2.88. The van der Waals surface area contributed by atoms with Crippen LogP contribution in [0.4, 0.5) is 10.1 Å². The van der Waals surface area contributed by atoms with Gasteiger partial charge >= 0.3 is 11.7 Å². The maximum atomic E-state index is 13.4. The normalized spacial score (nSPS) is 12.9. The van der Waals surface area contributed by atoms with E-state index in [0.717, 1.165) is 18.2 Å². The molecule has 0 aliphatic carbocycles. The summed E-state index contributed by atoms with van der Waals surface area (Å²) in [6.45, 7) is 1.26. The molecule has 116 valence electrons. The summed E-state index contributed by atoms with van der Waals surface area (Å²) in [5.41, 5.74) is -1.14. The third kappa shape index (κ3) is 4.46. The highest BCUT2D eigenvalue weighted by Gasteiger charge is 2.29. The molecule has 10 heteroatoms. The molecule has 0 radical (unpaired) electrons. The number of aliphatic carboxylic acids is 1. The first-order valence-electron chi connectivity index (χ1n) is 5.79. The minimum Gasteiger partial charge on any atom is -0.481 e. The molecule has 0 heterocycles. The number of carboxylic acids is 1. The van der Waals surface area contributed by atoms with E-state index in [4.69, 9.17) is 5.11 Å². The highest BCUT2D eigenvalue weighted by atomic mass is 32.2. The minimum atomic E-state index is -4.31. The van der Waals surface area contributed by atoms with Gasteiger partial charge in [0.25, 0.3) is 0 Å².